The monoisotopic (exact) mass is 414 g/mol. The first-order valence-corrected chi connectivity index (χ1v) is 11.8. The summed E-state index contributed by atoms with van der Waals surface area (Å²) in [6.45, 7) is 9.32. The third-order valence-electron chi connectivity index (χ3n) is 7.71. The highest BCUT2D eigenvalue weighted by Crippen LogP contribution is 2.61. The molecular weight excluding hydrogens is 376 g/mol. The van der Waals surface area contributed by atoms with Gasteiger partial charge in [0.2, 0.25) is 11.8 Å². The molecule has 1 aromatic rings. The SMILES string of the molecule is Cc1nn(CC(C)C)c(C)c1CCC(=O)NNC(=O)CC12CC3CC(CC(C3)C1)C2. The van der Waals surface area contributed by atoms with Crippen molar-refractivity contribution in [2.75, 3.05) is 0 Å². The Labute approximate surface area is 180 Å². The van der Waals surface area contributed by atoms with Crippen molar-refractivity contribution in [2.45, 2.75) is 92.0 Å². The maximum absolute atomic E-state index is 12.6. The van der Waals surface area contributed by atoms with Gasteiger partial charge >= 0.3 is 0 Å². The average molecular weight is 415 g/mol. The van der Waals surface area contributed by atoms with Gasteiger partial charge in [-0.3, -0.25) is 25.1 Å². The molecule has 5 rings (SSSR count). The zero-order valence-corrected chi connectivity index (χ0v) is 19.1. The highest BCUT2D eigenvalue weighted by Gasteiger charge is 2.51. The lowest BCUT2D eigenvalue weighted by atomic mass is 9.49. The normalized spacial score (nSPS) is 29.4. The molecule has 0 aromatic carbocycles. The second-order valence-corrected chi connectivity index (χ2v) is 10.9. The molecule has 6 nitrogen and oxygen atoms in total. The number of carbonyl (C=O) groups is 2. The number of nitrogens with zero attached hydrogens (tertiary/aromatic N) is 2. The Morgan fingerprint density at radius 2 is 1.60 bits per heavy atom. The van der Waals surface area contributed by atoms with Crippen LogP contribution in [0.15, 0.2) is 0 Å². The summed E-state index contributed by atoms with van der Waals surface area (Å²) in [6.07, 6.45) is 9.33. The molecule has 4 saturated carbocycles. The molecule has 166 valence electrons. The molecule has 0 aliphatic heterocycles. The quantitative estimate of drug-likeness (QED) is 0.666. The zero-order valence-electron chi connectivity index (χ0n) is 19.1. The predicted molar refractivity (Wildman–Crippen MR) is 116 cm³/mol. The molecule has 0 spiro atoms. The van der Waals surface area contributed by atoms with Gasteiger partial charge in [0, 0.05) is 25.1 Å². The van der Waals surface area contributed by atoms with Gasteiger partial charge in [-0.2, -0.15) is 5.10 Å². The molecule has 2 N–H and O–H groups in total. The van der Waals surface area contributed by atoms with Crippen molar-refractivity contribution in [3.8, 4) is 0 Å². The lowest BCUT2D eigenvalue weighted by Crippen LogP contribution is -2.50. The van der Waals surface area contributed by atoms with E-state index in [1.165, 1.54) is 38.5 Å². The van der Waals surface area contributed by atoms with Crippen LogP contribution in [0.5, 0.6) is 0 Å². The van der Waals surface area contributed by atoms with Crippen LogP contribution in [0, 0.1) is 42.9 Å². The van der Waals surface area contributed by atoms with E-state index >= 15 is 0 Å². The third kappa shape index (κ3) is 4.57. The number of amides is 2. The predicted octanol–water partition coefficient (Wildman–Crippen LogP) is 3.84. The summed E-state index contributed by atoms with van der Waals surface area (Å²) >= 11 is 0. The van der Waals surface area contributed by atoms with Gasteiger partial charge in [-0.05, 0) is 93.4 Å². The molecule has 0 unspecified atom stereocenters. The minimum atomic E-state index is -0.135. The van der Waals surface area contributed by atoms with E-state index in [4.69, 9.17) is 0 Å². The number of carbonyl (C=O) groups excluding carboxylic acids is 2. The van der Waals surface area contributed by atoms with Gasteiger partial charge in [-0.1, -0.05) is 13.8 Å². The summed E-state index contributed by atoms with van der Waals surface area (Å²) in [7, 11) is 0. The second-order valence-electron chi connectivity index (χ2n) is 10.9. The van der Waals surface area contributed by atoms with E-state index in [9.17, 15) is 9.59 Å². The summed E-state index contributed by atoms with van der Waals surface area (Å²) < 4.78 is 2.04. The smallest absolute Gasteiger partial charge is 0.238 e. The second kappa shape index (κ2) is 8.35. The van der Waals surface area contributed by atoms with Gasteiger partial charge < -0.3 is 0 Å². The Morgan fingerprint density at radius 1 is 1.03 bits per heavy atom. The molecule has 1 aromatic heterocycles. The highest BCUT2D eigenvalue weighted by atomic mass is 16.2. The van der Waals surface area contributed by atoms with Gasteiger partial charge in [0.1, 0.15) is 0 Å². The lowest BCUT2D eigenvalue weighted by Gasteiger charge is -2.56. The van der Waals surface area contributed by atoms with Gasteiger partial charge in [0.05, 0.1) is 5.69 Å². The van der Waals surface area contributed by atoms with E-state index in [2.05, 4.69) is 36.7 Å². The van der Waals surface area contributed by atoms with E-state index in [0.29, 0.717) is 25.2 Å². The fraction of sp³-hybridized carbons (Fsp3) is 0.792. The standard InChI is InChI=1S/C24H38N4O2/c1-15(2)14-28-17(4)21(16(3)27-28)5-6-22(29)25-26-23(30)13-24-10-18-7-19(11-24)9-20(8-18)12-24/h15,18-20H,5-14H2,1-4H3,(H,25,29)(H,26,30). The van der Waals surface area contributed by atoms with Gasteiger partial charge in [0.15, 0.2) is 0 Å². The number of hydrogen-bond donors (Lipinski definition) is 2. The molecular formula is C24H38N4O2. The number of rotatable bonds is 7. The maximum atomic E-state index is 12.6. The largest absolute Gasteiger partial charge is 0.273 e. The van der Waals surface area contributed by atoms with E-state index < -0.39 is 0 Å². The van der Waals surface area contributed by atoms with Crippen LogP contribution >= 0.6 is 0 Å². The first-order chi connectivity index (χ1) is 14.2. The van der Waals surface area contributed by atoms with Crippen molar-refractivity contribution in [2.24, 2.45) is 29.1 Å². The number of hydrogen-bond acceptors (Lipinski definition) is 3. The number of aryl methyl sites for hydroxylation is 1. The molecule has 2 amide bonds. The fourth-order valence-electron chi connectivity index (χ4n) is 6.95. The molecule has 6 heteroatoms. The maximum Gasteiger partial charge on any atom is 0.238 e. The molecule has 30 heavy (non-hydrogen) atoms. The Hall–Kier alpha value is -1.85. The van der Waals surface area contributed by atoms with Gasteiger partial charge in [0.25, 0.3) is 0 Å². The minimum Gasteiger partial charge on any atom is -0.273 e. The molecule has 4 bridgehead atoms. The number of nitrogens with one attached hydrogen (secondary N) is 2. The first kappa shape index (κ1) is 21.4. The van der Waals surface area contributed by atoms with Crippen LogP contribution in [0.25, 0.3) is 0 Å². The first-order valence-electron chi connectivity index (χ1n) is 11.8. The van der Waals surface area contributed by atoms with Crippen LogP contribution < -0.4 is 10.9 Å². The minimum absolute atomic E-state index is 0.0255. The van der Waals surface area contributed by atoms with Crippen LogP contribution in [-0.4, -0.2) is 21.6 Å². The Bertz CT molecular complexity index is 775. The number of hydrazine groups is 1. The summed E-state index contributed by atoms with van der Waals surface area (Å²) in [5, 5.41) is 4.62. The molecule has 1 heterocycles. The van der Waals surface area contributed by atoms with Crippen LogP contribution in [-0.2, 0) is 22.6 Å². The van der Waals surface area contributed by atoms with E-state index in [1.54, 1.807) is 0 Å². The van der Waals surface area contributed by atoms with Crippen LogP contribution in [0.1, 0.15) is 82.2 Å². The van der Waals surface area contributed by atoms with E-state index in [-0.39, 0.29) is 17.2 Å². The number of aromatic nitrogens is 2. The Kier molecular flexibility index (Phi) is 5.95. The van der Waals surface area contributed by atoms with Crippen molar-refractivity contribution < 1.29 is 9.59 Å². The summed E-state index contributed by atoms with van der Waals surface area (Å²) in [5.41, 5.74) is 8.81. The van der Waals surface area contributed by atoms with Crippen molar-refractivity contribution >= 4 is 11.8 Å². The Balaban J connectivity index is 1.24. The van der Waals surface area contributed by atoms with Crippen molar-refractivity contribution in [1.82, 2.24) is 20.6 Å². The summed E-state index contributed by atoms with van der Waals surface area (Å²) in [6, 6.07) is 0. The zero-order chi connectivity index (χ0) is 21.5. The summed E-state index contributed by atoms with van der Waals surface area (Å²) in [4.78, 5) is 24.9. The van der Waals surface area contributed by atoms with Crippen LogP contribution in [0.2, 0.25) is 0 Å². The topological polar surface area (TPSA) is 76.0 Å². The molecule has 0 atom stereocenters. The summed E-state index contributed by atoms with van der Waals surface area (Å²) in [5.74, 6) is 2.88. The molecule has 4 aliphatic carbocycles. The fourth-order valence-corrected chi connectivity index (χ4v) is 6.95. The van der Waals surface area contributed by atoms with Crippen LogP contribution in [0.4, 0.5) is 0 Å². The van der Waals surface area contributed by atoms with Gasteiger partial charge in [-0.15, -0.1) is 0 Å². The lowest BCUT2D eigenvalue weighted by molar-refractivity contribution is -0.134. The molecule has 4 fully saturated rings. The third-order valence-corrected chi connectivity index (χ3v) is 7.71. The van der Waals surface area contributed by atoms with E-state index in [0.717, 1.165) is 41.2 Å². The van der Waals surface area contributed by atoms with Crippen molar-refractivity contribution in [3.05, 3.63) is 17.0 Å². The van der Waals surface area contributed by atoms with E-state index in [1.807, 2.05) is 11.6 Å². The molecule has 0 radical (unpaired) electrons. The van der Waals surface area contributed by atoms with Gasteiger partial charge in [-0.25, -0.2) is 0 Å². The van der Waals surface area contributed by atoms with Crippen molar-refractivity contribution in [1.29, 1.82) is 0 Å². The van der Waals surface area contributed by atoms with Crippen molar-refractivity contribution in [3.63, 3.8) is 0 Å². The van der Waals surface area contributed by atoms with Crippen LogP contribution in [0.3, 0.4) is 0 Å². The average Bonchev–Trinajstić information content (AvgIpc) is 2.89. The highest BCUT2D eigenvalue weighted by molar-refractivity contribution is 5.82. The Morgan fingerprint density at radius 3 is 2.17 bits per heavy atom. The molecule has 4 aliphatic rings. The molecule has 0 saturated heterocycles.